The Morgan fingerprint density at radius 2 is 1.02 bits per heavy atom. The quantitative estimate of drug-likeness (QED) is 0.152. The first-order chi connectivity index (χ1) is 40.7. The van der Waals surface area contributed by atoms with Gasteiger partial charge >= 0.3 is 0 Å². The summed E-state index contributed by atoms with van der Waals surface area (Å²) in [5.74, 6) is 2.32. The summed E-state index contributed by atoms with van der Waals surface area (Å²) >= 11 is 0. The molecule has 0 atom stereocenters. The highest BCUT2D eigenvalue weighted by Crippen LogP contribution is 2.53. The molecule has 0 aliphatic carbocycles. The third-order valence-corrected chi connectivity index (χ3v) is 17.3. The molecule has 6 nitrogen and oxygen atoms in total. The van der Waals surface area contributed by atoms with Crippen molar-refractivity contribution in [3.8, 4) is 78.6 Å². The largest absolute Gasteiger partial charge is 0.457 e. The van der Waals surface area contributed by atoms with Crippen molar-refractivity contribution >= 4 is 66.4 Å². The Balaban J connectivity index is 0.844. The summed E-state index contributed by atoms with van der Waals surface area (Å²) in [6, 6.07) is 92.5. The molecule has 0 spiro atoms. The third-order valence-electron chi connectivity index (χ3n) is 17.3. The van der Waals surface area contributed by atoms with Gasteiger partial charge in [0.15, 0.2) is 0 Å². The number of pyridine rings is 1. The number of rotatable bonds is 8. The summed E-state index contributed by atoms with van der Waals surface area (Å²) in [5.41, 5.74) is 24.5. The minimum absolute atomic E-state index is 0.0611. The second kappa shape index (κ2) is 18.8. The minimum Gasteiger partial charge on any atom is -0.457 e. The number of hydrogen-bond acceptors (Lipinski definition) is 4. The number of anilines is 4. The normalized spacial score (nSPS) is 12.7. The summed E-state index contributed by atoms with van der Waals surface area (Å²) < 4.78 is 11.9. The lowest BCUT2D eigenvalue weighted by atomic mass is 9.86. The molecule has 0 radical (unpaired) electrons. The van der Waals surface area contributed by atoms with Crippen molar-refractivity contribution in [2.24, 2.45) is 0 Å². The van der Waals surface area contributed by atoms with Gasteiger partial charge in [0.2, 0.25) is 0 Å². The van der Waals surface area contributed by atoms with E-state index in [0.717, 1.165) is 73.2 Å². The lowest BCUT2D eigenvalue weighted by molar-refractivity contribution is 0.483. The van der Waals surface area contributed by atoms with Crippen molar-refractivity contribution in [3.63, 3.8) is 0 Å². The zero-order valence-corrected chi connectivity index (χ0v) is 46.7. The Morgan fingerprint density at radius 3 is 1.77 bits per heavy atom. The Labute approximate surface area is 483 Å². The van der Waals surface area contributed by atoms with Crippen LogP contribution >= 0.6 is 0 Å². The first-order valence-electron chi connectivity index (χ1n) is 28.7. The molecule has 2 aliphatic heterocycles. The predicted molar refractivity (Wildman–Crippen MR) is 346 cm³/mol. The molecule has 0 N–H and O–H groups in total. The molecule has 2 aliphatic rings. The van der Waals surface area contributed by atoms with E-state index in [1.807, 2.05) is 0 Å². The van der Waals surface area contributed by atoms with Crippen LogP contribution in [0.5, 0.6) is 11.5 Å². The van der Waals surface area contributed by atoms with Crippen molar-refractivity contribution in [3.05, 3.63) is 272 Å². The average molecular weight is 1070 g/mol. The van der Waals surface area contributed by atoms with Crippen LogP contribution in [0.4, 0.5) is 22.7 Å². The fourth-order valence-corrected chi connectivity index (χ4v) is 13.4. The fraction of sp³-hybridized carbons (Fsp3) is 0.0779. The van der Waals surface area contributed by atoms with Gasteiger partial charge < -0.3 is 19.1 Å². The Hall–Kier alpha value is -10.4. The molecular formula is C77H57N5O. The van der Waals surface area contributed by atoms with Gasteiger partial charge in [0.05, 0.1) is 44.8 Å². The summed E-state index contributed by atoms with van der Waals surface area (Å²) in [5, 5.41) is 4.78. The van der Waals surface area contributed by atoms with Crippen LogP contribution in [0.15, 0.2) is 261 Å². The van der Waals surface area contributed by atoms with Crippen LogP contribution < -0.4 is 14.5 Å². The molecule has 83 heavy (non-hydrogen) atoms. The number of fused-ring (bicyclic) bond motifs is 13. The summed E-state index contributed by atoms with van der Waals surface area (Å²) in [6.07, 6.45) is 2.05. The second-order valence-corrected chi connectivity index (χ2v) is 23.2. The zero-order chi connectivity index (χ0) is 55.5. The topological polar surface area (TPSA) is 38.5 Å². The van der Waals surface area contributed by atoms with Gasteiger partial charge in [-0.25, -0.2) is 4.98 Å². The standard InChI is InChI=1S/C77H57N5O/c1-49-44-72(78-47-65(49)52-36-38-53(39-37-52)77(2,3)4)81-69-42-43-70-73(61-28-12-11-26-59(61)62-31-19-32-63-60-27-13-14-33-66(60)82(70)76(62)63)74(69)64-41-40-56(46-71(64)81)83-55-25-17-24-54(45-55)79-48-80(68-35-16-15-34-67(68)79)75-57(50-20-7-5-8-21-50)29-18-30-58(75)51-22-9-6-10-23-51/h5-47H,48H2,1-4H3. The van der Waals surface area contributed by atoms with E-state index in [1.165, 1.54) is 83.0 Å². The van der Waals surface area contributed by atoms with Gasteiger partial charge in [0.25, 0.3) is 0 Å². The number of nitrogens with zero attached hydrogens (tertiary/aromatic N) is 5. The first kappa shape index (κ1) is 48.5. The number of aryl methyl sites for hydroxylation is 1. The highest BCUT2D eigenvalue weighted by Gasteiger charge is 2.33. The van der Waals surface area contributed by atoms with Crippen molar-refractivity contribution < 1.29 is 4.74 Å². The van der Waals surface area contributed by atoms with E-state index in [-0.39, 0.29) is 5.41 Å². The minimum atomic E-state index is 0.0611. The van der Waals surface area contributed by atoms with Crippen LogP contribution in [-0.4, -0.2) is 20.8 Å². The van der Waals surface area contributed by atoms with Gasteiger partial charge in [-0.3, -0.25) is 4.57 Å². The maximum absolute atomic E-state index is 7.09. The molecule has 0 unspecified atom stereocenters. The SMILES string of the molecule is Cc1cc(-n2c3cc(Oc4cccc(N5CN(c6c(-c7ccccc7)cccc6-c6ccccc6)c6ccccc65)c4)ccc3c3c4c(ccc32)-n2c3ccccc3c3cccc(c32)-c2ccccc2-4)ncc1-c1ccc(C(C)(C)C)cc1. The van der Waals surface area contributed by atoms with E-state index in [9.17, 15) is 0 Å². The van der Waals surface area contributed by atoms with E-state index in [4.69, 9.17) is 9.72 Å². The maximum Gasteiger partial charge on any atom is 0.137 e. The van der Waals surface area contributed by atoms with E-state index in [2.05, 4.69) is 308 Å². The van der Waals surface area contributed by atoms with E-state index >= 15 is 0 Å². The number of benzene rings is 11. The number of para-hydroxylation sites is 5. The van der Waals surface area contributed by atoms with Crippen LogP contribution in [0, 0.1) is 6.92 Å². The van der Waals surface area contributed by atoms with Gasteiger partial charge in [-0.05, 0) is 112 Å². The van der Waals surface area contributed by atoms with Crippen LogP contribution in [0.25, 0.3) is 111 Å². The molecule has 6 heteroatoms. The number of ether oxygens (including phenoxy) is 1. The van der Waals surface area contributed by atoms with E-state index < -0.39 is 0 Å². The lowest BCUT2D eigenvalue weighted by Crippen LogP contribution is -2.24. The molecule has 11 aromatic carbocycles. The second-order valence-electron chi connectivity index (χ2n) is 23.2. The van der Waals surface area contributed by atoms with Crippen molar-refractivity contribution in [2.45, 2.75) is 33.1 Å². The van der Waals surface area contributed by atoms with Crippen LogP contribution in [-0.2, 0) is 5.41 Å². The molecule has 3 aromatic heterocycles. The molecule has 16 rings (SSSR count). The summed E-state index contributed by atoms with van der Waals surface area (Å²) in [7, 11) is 0. The van der Waals surface area contributed by atoms with Gasteiger partial charge in [-0.2, -0.15) is 0 Å². The van der Waals surface area contributed by atoms with Crippen LogP contribution in [0.3, 0.4) is 0 Å². The van der Waals surface area contributed by atoms with Crippen LogP contribution in [0.1, 0.15) is 31.9 Å². The van der Waals surface area contributed by atoms with Gasteiger partial charge in [-0.1, -0.05) is 203 Å². The van der Waals surface area contributed by atoms with E-state index in [1.54, 1.807) is 0 Å². The van der Waals surface area contributed by atoms with Gasteiger partial charge in [-0.15, -0.1) is 0 Å². The highest BCUT2D eigenvalue weighted by molar-refractivity contribution is 6.23. The molecule has 0 bridgehead atoms. The van der Waals surface area contributed by atoms with Crippen molar-refractivity contribution in [1.29, 1.82) is 0 Å². The third kappa shape index (κ3) is 7.74. The Morgan fingerprint density at radius 1 is 0.410 bits per heavy atom. The monoisotopic (exact) mass is 1070 g/mol. The smallest absolute Gasteiger partial charge is 0.137 e. The fourth-order valence-electron chi connectivity index (χ4n) is 13.4. The number of hydrogen-bond donors (Lipinski definition) is 0. The zero-order valence-electron chi connectivity index (χ0n) is 46.7. The molecular weight excluding hydrogens is 1010 g/mol. The Bertz CT molecular complexity index is 4850. The summed E-state index contributed by atoms with van der Waals surface area (Å²) in [4.78, 5) is 10.2. The molecule has 14 aromatic rings. The highest BCUT2D eigenvalue weighted by atomic mass is 16.5. The Kier molecular flexibility index (Phi) is 11.0. The molecule has 5 heterocycles. The first-order valence-corrected chi connectivity index (χ1v) is 28.7. The summed E-state index contributed by atoms with van der Waals surface area (Å²) in [6.45, 7) is 9.59. The van der Waals surface area contributed by atoms with Crippen LogP contribution in [0.2, 0.25) is 0 Å². The van der Waals surface area contributed by atoms with Gasteiger partial charge in [0.1, 0.15) is 24.0 Å². The molecule has 396 valence electrons. The molecule has 0 fully saturated rings. The predicted octanol–water partition coefficient (Wildman–Crippen LogP) is 20.6. The van der Waals surface area contributed by atoms with Gasteiger partial charge in [0, 0.05) is 73.4 Å². The molecule has 0 saturated carbocycles. The average Bonchev–Trinajstić information content (AvgIpc) is 2.44. The number of aromatic nitrogens is 3. The molecule has 0 saturated heterocycles. The van der Waals surface area contributed by atoms with Crippen molar-refractivity contribution in [1.82, 2.24) is 14.1 Å². The van der Waals surface area contributed by atoms with Crippen molar-refractivity contribution in [2.75, 3.05) is 16.5 Å². The van der Waals surface area contributed by atoms with E-state index in [0.29, 0.717) is 6.67 Å². The maximum atomic E-state index is 7.09. The molecule has 0 amide bonds. The lowest BCUT2D eigenvalue weighted by Gasteiger charge is -2.27.